The fourth-order valence-electron chi connectivity index (χ4n) is 1.90. The van der Waals surface area contributed by atoms with Crippen LogP contribution in [0.4, 0.5) is 8.78 Å². The second-order valence-electron chi connectivity index (χ2n) is 4.05. The van der Waals surface area contributed by atoms with Crippen LogP contribution in [-0.2, 0) is 11.2 Å². The van der Waals surface area contributed by atoms with E-state index >= 15 is 0 Å². The maximum absolute atomic E-state index is 12.9. The molecule has 0 spiro atoms. The fraction of sp³-hybridized carbons (Fsp3) is 0.462. The second-order valence-corrected chi connectivity index (χ2v) is 4.05. The summed E-state index contributed by atoms with van der Waals surface area (Å²) < 4.78 is 36.7. The van der Waals surface area contributed by atoms with Crippen LogP contribution < -0.4 is 9.47 Å². The van der Waals surface area contributed by atoms with E-state index in [1.54, 1.807) is 6.07 Å². The summed E-state index contributed by atoms with van der Waals surface area (Å²) >= 11 is 0. The third-order valence-corrected chi connectivity index (χ3v) is 2.78. The van der Waals surface area contributed by atoms with Crippen LogP contribution in [0.25, 0.3) is 0 Å². The molecule has 0 saturated heterocycles. The van der Waals surface area contributed by atoms with Crippen molar-refractivity contribution in [2.45, 2.75) is 25.7 Å². The van der Waals surface area contributed by atoms with Crippen molar-refractivity contribution >= 4 is 6.29 Å². The number of alkyl halides is 2. The Kier molecular flexibility index (Phi) is 4.12. The van der Waals surface area contributed by atoms with E-state index in [-0.39, 0.29) is 12.0 Å². The Morgan fingerprint density at radius 3 is 2.50 bits per heavy atom. The molecule has 0 saturated carbocycles. The standard InChI is InChI=1S/C13H14F2O3/c14-13(15)10-8-12-11(17-5-2-6-18-12)7-9(10)3-1-4-16/h4,7-8,13H,1-3,5-6H2. The highest BCUT2D eigenvalue weighted by Gasteiger charge is 2.19. The number of aryl methyl sites for hydroxylation is 1. The van der Waals surface area contributed by atoms with Crippen molar-refractivity contribution in [3.05, 3.63) is 23.3 Å². The SMILES string of the molecule is O=CCCc1cc2c(cc1C(F)F)OCCCO2. The minimum absolute atomic E-state index is 0.0823. The molecule has 5 heteroatoms. The van der Waals surface area contributed by atoms with Gasteiger partial charge in [-0.1, -0.05) is 0 Å². The first-order chi connectivity index (χ1) is 8.72. The minimum atomic E-state index is -2.58. The van der Waals surface area contributed by atoms with E-state index < -0.39 is 6.43 Å². The van der Waals surface area contributed by atoms with Gasteiger partial charge in [0.05, 0.1) is 13.2 Å². The predicted molar refractivity (Wildman–Crippen MR) is 61.4 cm³/mol. The van der Waals surface area contributed by atoms with Crippen molar-refractivity contribution < 1.29 is 23.0 Å². The summed E-state index contributed by atoms with van der Waals surface area (Å²) in [4.78, 5) is 10.4. The summed E-state index contributed by atoms with van der Waals surface area (Å²) in [6.45, 7) is 0.970. The van der Waals surface area contributed by atoms with Crippen molar-refractivity contribution in [2.75, 3.05) is 13.2 Å². The second kappa shape index (κ2) is 5.80. The number of halogens is 2. The average molecular weight is 256 g/mol. The van der Waals surface area contributed by atoms with E-state index in [9.17, 15) is 13.6 Å². The van der Waals surface area contributed by atoms with E-state index in [1.807, 2.05) is 0 Å². The smallest absolute Gasteiger partial charge is 0.264 e. The Labute approximate surface area is 104 Å². The Bertz CT molecular complexity index is 432. The van der Waals surface area contributed by atoms with Gasteiger partial charge in [0.25, 0.3) is 6.43 Å². The molecule has 0 N–H and O–H groups in total. The highest BCUT2D eigenvalue weighted by molar-refractivity contribution is 5.53. The van der Waals surface area contributed by atoms with Crippen molar-refractivity contribution in [3.63, 3.8) is 0 Å². The number of carbonyl (C=O) groups is 1. The number of aldehydes is 1. The average Bonchev–Trinajstić information content (AvgIpc) is 2.59. The van der Waals surface area contributed by atoms with Gasteiger partial charge in [-0.25, -0.2) is 8.78 Å². The van der Waals surface area contributed by atoms with Gasteiger partial charge in [0, 0.05) is 18.4 Å². The van der Waals surface area contributed by atoms with Gasteiger partial charge in [0.15, 0.2) is 11.5 Å². The van der Waals surface area contributed by atoms with Gasteiger partial charge in [0.2, 0.25) is 0 Å². The first-order valence-corrected chi connectivity index (χ1v) is 5.86. The molecule has 1 heterocycles. The maximum Gasteiger partial charge on any atom is 0.264 e. The molecule has 0 unspecified atom stereocenters. The summed E-state index contributed by atoms with van der Waals surface area (Å²) in [5.74, 6) is 0.843. The third kappa shape index (κ3) is 2.78. The zero-order valence-corrected chi connectivity index (χ0v) is 9.83. The molecule has 0 fully saturated rings. The van der Waals surface area contributed by atoms with Gasteiger partial charge in [-0.15, -0.1) is 0 Å². The maximum atomic E-state index is 12.9. The highest BCUT2D eigenvalue weighted by atomic mass is 19.3. The number of benzene rings is 1. The molecule has 1 aromatic carbocycles. The molecular formula is C13H14F2O3. The van der Waals surface area contributed by atoms with E-state index in [0.717, 1.165) is 12.7 Å². The fourth-order valence-corrected chi connectivity index (χ4v) is 1.90. The minimum Gasteiger partial charge on any atom is -0.490 e. The lowest BCUT2D eigenvalue weighted by Crippen LogP contribution is -2.00. The molecule has 0 radical (unpaired) electrons. The number of hydrogen-bond donors (Lipinski definition) is 0. The molecule has 0 aliphatic carbocycles. The Morgan fingerprint density at radius 2 is 1.89 bits per heavy atom. The lowest BCUT2D eigenvalue weighted by molar-refractivity contribution is -0.107. The first-order valence-electron chi connectivity index (χ1n) is 5.86. The molecule has 98 valence electrons. The van der Waals surface area contributed by atoms with Gasteiger partial charge in [-0.05, 0) is 24.1 Å². The number of hydrogen-bond acceptors (Lipinski definition) is 3. The normalized spacial score (nSPS) is 14.4. The van der Waals surface area contributed by atoms with Crippen LogP contribution in [0.3, 0.4) is 0 Å². The lowest BCUT2D eigenvalue weighted by Gasteiger charge is -2.13. The molecule has 3 nitrogen and oxygen atoms in total. The zero-order chi connectivity index (χ0) is 13.0. The van der Waals surface area contributed by atoms with Crippen molar-refractivity contribution in [2.24, 2.45) is 0 Å². The Morgan fingerprint density at radius 1 is 1.22 bits per heavy atom. The Balaban J connectivity index is 2.37. The molecular weight excluding hydrogens is 242 g/mol. The molecule has 1 aliphatic heterocycles. The summed E-state index contributed by atoms with van der Waals surface area (Å²) in [6, 6.07) is 2.89. The summed E-state index contributed by atoms with van der Waals surface area (Å²) in [7, 11) is 0. The number of rotatable bonds is 4. The Hall–Kier alpha value is -1.65. The molecule has 0 atom stereocenters. The summed E-state index contributed by atoms with van der Waals surface area (Å²) in [5, 5.41) is 0. The van der Waals surface area contributed by atoms with Crippen molar-refractivity contribution in [1.29, 1.82) is 0 Å². The summed E-state index contributed by atoms with van der Waals surface area (Å²) in [5.41, 5.74) is 0.363. The van der Waals surface area contributed by atoms with Crippen LogP contribution in [-0.4, -0.2) is 19.5 Å². The van der Waals surface area contributed by atoms with Crippen LogP contribution in [0.5, 0.6) is 11.5 Å². The van der Waals surface area contributed by atoms with E-state index in [2.05, 4.69) is 0 Å². The molecule has 18 heavy (non-hydrogen) atoms. The van der Waals surface area contributed by atoms with Gasteiger partial charge >= 0.3 is 0 Å². The van der Waals surface area contributed by atoms with E-state index in [0.29, 0.717) is 36.7 Å². The summed E-state index contributed by atoms with van der Waals surface area (Å²) in [6.07, 6.45) is -0.622. The molecule has 0 aromatic heterocycles. The van der Waals surface area contributed by atoms with Crippen LogP contribution in [0, 0.1) is 0 Å². The van der Waals surface area contributed by atoms with Crippen LogP contribution >= 0.6 is 0 Å². The molecule has 2 rings (SSSR count). The molecule has 1 aliphatic rings. The predicted octanol–water partition coefficient (Wildman–Crippen LogP) is 2.92. The topological polar surface area (TPSA) is 35.5 Å². The monoisotopic (exact) mass is 256 g/mol. The van der Waals surface area contributed by atoms with Gasteiger partial charge in [0.1, 0.15) is 6.29 Å². The molecule has 0 amide bonds. The quantitative estimate of drug-likeness (QED) is 0.777. The van der Waals surface area contributed by atoms with Crippen LogP contribution in [0.15, 0.2) is 12.1 Å². The number of ether oxygens (including phenoxy) is 2. The zero-order valence-electron chi connectivity index (χ0n) is 9.83. The van der Waals surface area contributed by atoms with Crippen molar-refractivity contribution in [3.8, 4) is 11.5 Å². The lowest BCUT2D eigenvalue weighted by atomic mass is 10.0. The molecule has 1 aromatic rings. The molecule has 0 bridgehead atoms. The van der Waals surface area contributed by atoms with E-state index in [1.165, 1.54) is 6.07 Å². The van der Waals surface area contributed by atoms with E-state index in [4.69, 9.17) is 9.47 Å². The number of fused-ring (bicyclic) bond motifs is 1. The van der Waals surface area contributed by atoms with Gasteiger partial charge in [-0.3, -0.25) is 0 Å². The van der Waals surface area contributed by atoms with Crippen molar-refractivity contribution in [1.82, 2.24) is 0 Å². The largest absolute Gasteiger partial charge is 0.490 e. The highest BCUT2D eigenvalue weighted by Crippen LogP contribution is 2.36. The number of carbonyl (C=O) groups excluding carboxylic acids is 1. The van der Waals surface area contributed by atoms with Gasteiger partial charge < -0.3 is 14.3 Å². The van der Waals surface area contributed by atoms with Crippen LogP contribution in [0.2, 0.25) is 0 Å². The van der Waals surface area contributed by atoms with Gasteiger partial charge in [-0.2, -0.15) is 0 Å². The first kappa shape index (κ1) is 12.8. The third-order valence-electron chi connectivity index (χ3n) is 2.78. The van der Waals surface area contributed by atoms with Crippen LogP contribution in [0.1, 0.15) is 30.4 Å².